The van der Waals surface area contributed by atoms with Crippen LogP contribution in [0.1, 0.15) is 18.9 Å². The van der Waals surface area contributed by atoms with Crippen LogP contribution in [0.25, 0.3) is 0 Å². The second kappa shape index (κ2) is 7.12. The van der Waals surface area contributed by atoms with E-state index >= 15 is 0 Å². The molecule has 1 saturated carbocycles. The molecule has 0 bridgehead atoms. The minimum absolute atomic E-state index is 0.156. The molecule has 23 heavy (non-hydrogen) atoms. The first kappa shape index (κ1) is 16.6. The van der Waals surface area contributed by atoms with Crippen molar-refractivity contribution in [3.63, 3.8) is 0 Å². The number of aromatic nitrogens is 4. The Bertz CT molecular complexity index is 712. The van der Waals surface area contributed by atoms with Gasteiger partial charge in [0.05, 0.1) is 27.5 Å². The molecule has 0 spiro atoms. The number of carbonyl (C=O) groups excluding carboxylic acids is 1. The van der Waals surface area contributed by atoms with Crippen LogP contribution in [0.4, 0.5) is 5.69 Å². The Kier molecular flexibility index (Phi) is 5.15. The lowest BCUT2D eigenvalue weighted by molar-refractivity contribution is -0.118. The Morgan fingerprint density at radius 1 is 1.30 bits per heavy atom. The van der Waals surface area contributed by atoms with Crippen molar-refractivity contribution in [2.75, 3.05) is 11.2 Å². The van der Waals surface area contributed by atoms with Crippen molar-refractivity contribution in [2.24, 2.45) is 0 Å². The summed E-state index contributed by atoms with van der Waals surface area (Å²) in [7, 11) is 0. The number of nitrogens with zero attached hydrogens (tertiary/aromatic N) is 4. The van der Waals surface area contributed by atoms with Crippen LogP contribution in [0.5, 0.6) is 0 Å². The first-order valence-corrected chi connectivity index (χ1v) is 8.76. The summed E-state index contributed by atoms with van der Waals surface area (Å²) in [4.78, 5) is 11.9. The molecule has 2 aromatic rings. The van der Waals surface area contributed by atoms with Crippen LogP contribution in [0.2, 0.25) is 15.1 Å². The van der Waals surface area contributed by atoms with E-state index in [0.717, 1.165) is 12.8 Å². The molecule has 7 nitrogen and oxygen atoms in total. The van der Waals surface area contributed by atoms with Crippen LogP contribution in [0.15, 0.2) is 17.3 Å². The molecule has 0 unspecified atom stereocenters. The molecule has 1 fully saturated rings. The van der Waals surface area contributed by atoms with E-state index < -0.39 is 0 Å². The summed E-state index contributed by atoms with van der Waals surface area (Å²) in [5.74, 6) is -0.106. The Labute approximate surface area is 151 Å². The number of thioether (sulfide) groups is 1. The van der Waals surface area contributed by atoms with Crippen molar-refractivity contribution in [1.29, 1.82) is 0 Å². The molecule has 3 rings (SSSR count). The van der Waals surface area contributed by atoms with E-state index in [0.29, 0.717) is 32.0 Å². The zero-order chi connectivity index (χ0) is 16.4. The average molecular weight is 394 g/mol. The zero-order valence-corrected chi connectivity index (χ0v) is 14.7. The highest BCUT2D eigenvalue weighted by molar-refractivity contribution is 7.99. The van der Waals surface area contributed by atoms with E-state index in [1.807, 2.05) is 0 Å². The van der Waals surface area contributed by atoms with Gasteiger partial charge in [-0.2, -0.15) is 0 Å². The predicted octanol–water partition coefficient (Wildman–Crippen LogP) is 3.20. The lowest BCUT2D eigenvalue weighted by Gasteiger charge is -2.11. The number of nitrogens with one attached hydrogen (secondary N) is 2. The summed E-state index contributed by atoms with van der Waals surface area (Å²) in [5, 5.41) is 13.1. The molecule has 1 aliphatic rings. The van der Waals surface area contributed by atoms with Crippen LogP contribution < -0.4 is 10.9 Å². The summed E-state index contributed by atoms with van der Waals surface area (Å²) in [5.41, 5.74) is 5.61. The van der Waals surface area contributed by atoms with E-state index in [4.69, 9.17) is 34.8 Å². The normalized spacial score (nSPS) is 13.9. The van der Waals surface area contributed by atoms with E-state index in [9.17, 15) is 4.79 Å². The van der Waals surface area contributed by atoms with Crippen LogP contribution in [-0.4, -0.2) is 31.9 Å². The van der Waals surface area contributed by atoms with Gasteiger partial charge in [-0.15, -0.1) is 5.10 Å². The van der Waals surface area contributed by atoms with Crippen molar-refractivity contribution >= 4 is 58.2 Å². The maximum atomic E-state index is 11.9. The molecule has 11 heteroatoms. The van der Waals surface area contributed by atoms with Gasteiger partial charge in [0.2, 0.25) is 11.1 Å². The molecular weight excluding hydrogens is 383 g/mol. The molecule has 0 radical (unpaired) electrons. The molecule has 1 aromatic heterocycles. The van der Waals surface area contributed by atoms with Gasteiger partial charge in [-0.1, -0.05) is 46.6 Å². The number of tetrazole rings is 1. The van der Waals surface area contributed by atoms with Gasteiger partial charge in [0.25, 0.3) is 0 Å². The van der Waals surface area contributed by atoms with Gasteiger partial charge in [0.1, 0.15) is 0 Å². The SMILES string of the molecule is O=C(CSc1nnnn1C1CC1)NNc1c(Cl)cc(Cl)cc1Cl. The van der Waals surface area contributed by atoms with Crippen molar-refractivity contribution < 1.29 is 4.79 Å². The van der Waals surface area contributed by atoms with Crippen molar-refractivity contribution in [3.05, 3.63) is 27.2 Å². The van der Waals surface area contributed by atoms with Crippen molar-refractivity contribution in [3.8, 4) is 0 Å². The minimum Gasteiger partial charge on any atom is -0.296 e. The zero-order valence-electron chi connectivity index (χ0n) is 11.6. The van der Waals surface area contributed by atoms with Crippen LogP contribution in [-0.2, 0) is 4.79 Å². The molecule has 2 N–H and O–H groups in total. The smallest absolute Gasteiger partial charge is 0.248 e. The van der Waals surface area contributed by atoms with E-state index in [1.54, 1.807) is 4.68 Å². The van der Waals surface area contributed by atoms with Gasteiger partial charge in [0, 0.05) is 5.02 Å². The fraction of sp³-hybridized carbons (Fsp3) is 0.333. The van der Waals surface area contributed by atoms with Gasteiger partial charge >= 0.3 is 0 Å². The van der Waals surface area contributed by atoms with Crippen LogP contribution >= 0.6 is 46.6 Å². The number of amides is 1. The minimum atomic E-state index is -0.262. The van der Waals surface area contributed by atoms with E-state index in [-0.39, 0.29) is 11.7 Å². The number of hydrazine groups is 1. The van der Waals surface area contributed by atoms with E-state index in [1.165, 1.54) is 23.9 Å². The number of anilines is 1. The molecule has 0 atom stereocenters. The Hall–Kier alpha value is -1.22. The monoisotopic (exact) mass is 392 g/mol. The van der Waals surface area contributed by atoms with Gasteiger partial charge in [-0.05, 0) is 35.4 Å². The molecule has 1 amide bonds. The summed E-state index contributed by atoms with van der Waals surface area (Å²) in [6, 6.07) is 3.42. The van der Waals surface area contributed by atoms with Gasteiger partial charge in [-0.25, -0.2) is 4.68 Å². The summed E-state index contributed by atoms with van der Waals surface area (Å²) in [6.07, 6.45) is 2.14. The maximum Gasteiger partial charge on any atom is 0.248 e. The number of hydrogen-bond acceptors (Lipinski definition) is 6. The first-order chi connectivity index (χ1) is 11.0. The Balaban J connectivity index is 1.53. The van der Waals surface area contributed by atoms with Crippen LogP contribution in [0.3, 0.4) is 0 Å². The average Bonchev–Trinajstić information content (AvgIpc) is 3.22. The van der Waals surface area contributed by atoms with Crippen molar-refractivity contribution in [1.82, 2.24) is 25.6 Å². The molecule has 1 heterocycles. The summed E-state index contributed by atoms with van der Waals surface area (Å²) >= 11 is 19.1. The summed E-state index contributed by atoms with van der Waals surface area (Å²) in [6.45, 7) is 0. The third-order valence-electron chi connectivity index (χ3n) is 3.02. The van der Waals surface area contributed by atoms with E-state index in [2.05, 4.69) is 26.4 Å². The highest BCUT2D eigenvalue weighted by atomic mass is 35.5. The molecule has 0 saturated heterocycles. The highest BCUT2D eigenvalue weighted by Crippen LogP contribution is 2.36. The van der Waals surface area contributed by atoms with Gasteiger partial charge in [-0.3, -0.25) is 15.6 Å². The molecule has 0 aliphatic heterocycles. The number of benzene rings is 1. The van der Waals surface area contributed by atoms with Crippen molar-refractivity contribution in [2.45, 2.75) is 24.0 Å². The lowest BCUT2D eigenvalue weighted by atomic mass is 10.3. The molecule has 1 aliphatic carbocycles. The third-order valence-corrected chi connectivity index (χ3v) is 4.77. The number of carbonyl (C=O) groups is 1. The topological polar surface area (TPSA) is 84.7 Å². The third kappa shape index (κ3) is 4.20. The maximum absolute atomic E-state index is 11.9. The van der Waals surface area contributed by atoms with Gasteiger partial charge < -0.3 is 0 Å². The number of halogens is 3. The second-order valence-electron chi connectivity index (χ2n) is 4.84. The number of rotatable bonds is 6. The molecule has 122 valence electrons. The van der Waals surface area contributed by atoms with Gasteiger partial charge in [0.15, 0.2) is 0 Å². The fourth-order valence-corrected chi connectivity index (χ4v) is 3.44. The van der Waals surface area contributed by atoms with Crippen LogP contribution in [0, 0.1) is 0 Å². The largest absolute Gasteiger partial charge is 0.296 e. The first-order valence-electron chi connectivity index (χ1n) is 6.64. The summed E-state index contributed by atoms with van der Waals surface area (Å²) < 4.78 is 1.75. The highest BCUT2D eigenvalue weighted by Gasteiger charge is 2.28. The molecule has 1 aromatic carbocycles. The second-order valence-corrected chi connectivity index (χ2v) is 7.04. The Morgan fingerprint density at radius 3 is 2.65 bits per heavy atom. The molecular formula is C12H11Cl3N6OS. The lowest BCUT2D eigenvalue weighted by Crippen LogP contribution is -2.31. The standard InChI is InChI=1S/C12H11Cl3N6OS/c13-6-3-8(14)11(9(15)4-6)17-16-10(22)5-23-12-18-19-20-21(12)7-1-2-7/h3-4,7,17H,1-2,5H2,(H,16,22). The Morgan fingerprint density at radius 2 is 2.00 bits per heavy atom. The number of hydrogen-bond donors (Lipinski definition) is 2. The fourth-order valence-electron chi connectivity index (χ4n) is 1.79. The predicted molar refractivity (Wildman–Crippen MR) is 90.0 cm³/mol. The quantitative estimate of drug-likeness (QED) is 0.579.